The first-order chi connectivity index (χ1) is 56.0. The molecule has 22 heteroatoms. The van der Waals surface area contributed by atoms with Gasteiger partial charge in [-0.25, -0.2) is 0 Å². The maximum Gasteiger partial charge on any atom is 1.00 e. The average Bonchev–Trinajstić information content (AvgIpc) is 1.57. The minimum absolute atomic E-state index is 0. The van der Waals surface area contributed by atoms with Crippen LogP contribution in [0.5, 0.6) is 0 Å². The summed E-state index contributed by atoms with van der Waals surface area (Å²) >= 11 is 42.1. The maximum atomic E-state index is 13.2. The molecule has 22 rings (SSSR count). The zero-order chi connectivity index (χ0) is 80.9. The second kappa shape index (κ2) is 39.4. The normalized spacial score (nSPS) is 17.6. The number of furan rings is 1. The summed E-state index contributed by atoms with van der Waals surface area (Å²) in [6.07, 6.45) is 14.0. The summed E-state index contributed by atoms with van der Waals surface area (Å²) in [5.41, 5.74) is 12.3. The van der Waals surface area contributed by atoms with Gasteiger partial charge in [0, 0.05) is 113 Å². The number of benzene rings is 11. The Hall–Kier alpha value is -4.45. The molecule has 2 saturated heterocycles. The fourth-order valence-corrected chi connectivity index (χ4v) is 21.2. The summed E-state index contributed by atoms with van der Waals surface area (Å²) in [6, 6.07) is 71.1. The Morgan fingerprint density at radius 3 is 0.915 bits per heavy atom. The third-order valence-electron chi connectivity index (χ3n) is 21.5. The Kier molecular flexibility index (Phi) is 30.0. The molecule has 0 saturated carbocycles. The van der Waals surface area contributed by atoms with E-state index in [-0.39, 0.29) is 121 Å². The molecule has 588 valence electrons. The Morgan fingerprint density at radius 2 is 0.585 bits per heavy atom. The quantitative estimate of drug-likeness (QED) is 0.0631. The van der Waals surface area contributed by atoms with Crippen molar-refractivity contribution in [2.75, 3.05) is 13.2 Å². The molecule has 2 aliphatic carbocycles. The first kappa shape index (κ1) is 89.8. The van der Waals surface area contributed by atoms with Crippen molar-refractivity contribution in [2.45, 2.75) is 72.6 Å². The fourth-order valence-electron chi connectivity index (χ4n) is 16.3. The molecule has 5 aliphatic heterocycles. The molecular formula is C96H65Br12KO9. The van der Waals surface area contributed by atoms with Crippen LogP contribution in [0.25, 0.3) is 75.4 Å². The van der Waals surface area contributed by atoms with Crippen molar-refractivity contribution in [2.24, 2.45) is 0 Å². The molecule has 4 bridgehead atoms. The van der Waals surface area contributed by atoms with Crippen LogP contribution in [-0.2, 0) is 27.1 Å². The van der Waals surface area contributed by atoms with Crippen molar-refractivity contribution in [1.82, 2.24) is 0 Å². The van der Waals surface area contributed by atoms with Gasteiger partial charge in [-0.15, -0.1) is 0 Å². The SMILES string of the molecule is C1CCOC1.O=C1c2cc(Br)ccc2C(Br)C(Br)c2ccc(Br)cc21.O=C1c2cc(Br)ccc2CCc2ccc(Br)cc21.O=c1c2cc(Br)ccc2c2c(c3ccc(Br)cc13)C1C=CC2O1.O=c1c2cc(Br)ccc2c2c(c3ccc(Br)cc13)C1CCC2O1.O=c1c2cc(Br)ccc2c2ccccc2c2ccc(Br)cc12.[CH3-].[K+].c1ccoc1. The summed E-state index contributed by atoms with van der Waals surface area (Å²) in [7, 11) is 0. The third kappa shape index (κ3) is 18.8. The number of carbonyl (C=O) groups excluding carboxylic acids is 2. The fraction of sp³-hybridized carbons (Fsp3) is 0.146. The van der Waals surface area contributed by atoms with Crippen LogP contribution in [0, 0.1) is 7.43 Å². The zero-order valence-corrected chi connectivity index (χ0v) is 85.1. The van der Waals surface area contributed by atoms with Crippen LogP contribution < -0.4 is 67.7 Å². The average molecular weight is 2360 g/mol. The molecule has 9 nitrogen and oxygen atoms in total. The first-order valence-corrected chi connectivity index (χ1v) is 46.9. The molecule has 0 radical (unpaired) electrons. The second-order valence-electron chi connectivity index (χ2n) is 28.5. The van der Waals surface area contributed by atoms with Crippen LogP contribution in [0.15, 0.2) is 307 Å². The molecule has 7 aliphatic rings. The van der Waals surface area contributed by atoms with Gasteiger partial charge >= 0.3 is 51.4 Å². The van der Waals surface area contributed by atoms with E-state index in [9.17, 15) is 24.0 Å². The molecule has 118 heavy (non-hydrogen) atoms. The van der Waals surface area contributed by atoms with E-state index in [1.807, 2.05) is 194 Å². The topological polar surface area (TPSA) is 126 Å². The zero-order valence-electron chi connectivity index (χ0n) is 62.9. The predicted octanol–water partition coefficient (Wildman–Crippen LogP) is 27.8. The molecule has 0 amide bonds. The van der Waals surface area contributed by atoms with Crippen molar-refractivity contribution in [3.05, 3.63) is 393 Å². The summed E-state index contributed by atoms with van der Waals surface area (Å²) in [6.45, 7) is 2.00. The molecule has 6 heterocycles. The van der Waals surface area contributed by atoms with E-state index in [0.29, 0.717) is 0 Å². The number of ketones is 2. The van der Waals surface area contributed by atoms with Crippen molar-refractivity contribution in [3.8, 4) is 0 Å². The van der Waals surface area contributed by atoms with Gasteiger partial charge in [0.1, 0.15) is 12.2 Å². The number of alkyl halides is 2. The molecular weight excluding hydrogens is 2290 g/mol. The van der Waals surface area contributed by atoms with Gasteiger partial charge in [-0.05, 0) is 260 Å². The molecule has 2 fully saturated rings. The smallest absolute Gasteiger partial charge is 0.473 e. The summed E-state index contributed by atoms with van der Waals surface area (Å²) < 4.78 is 31.0. The van der Waals surface area contributed by atoms with E-state index >= 15 is 0 Å². The van der Waals surface area contributed by atoms with Crippen molar-refractivity contribution in [3.63, 3.8) is 0 Å². The molecule has 0 spiro atoms. The molecule has 6 unspecified atom stereocenters. The van der Waals surface area contributed by atoms with Crippen LogP contribution in [-0.4, -0.2) is 24.8 Å². The number of ether oxygens (including phenoxy) is 3. The van der Waals surface area contributed by atoms with Gasteiger partial charge in [0.2, 0.25) is 0 Å². The van der Waals surface area contributed by atoms with E-state index in [4.69, 9.17) is 14.2 Å². The molecule has 14 aromatic carbocycles. The van der Waals surface area contributed by atoms with Crippen molar-refractivity contribution >= 4 is 278 Å². The van der Waals surface area contributed by atoms with Crippen LogP contribution in [0.3, 0.4) is 0 Å². The number of fused-ring (bicyclic) bond motifs is 27. The van der Waals surface area contributed by atoms with E-state index in [0.717, 1.165) is 215 Å². The first-order valence-electron chi connectivity index (χ1n) is 37.1. The standard InChI is InChI=1S/C19H12Br2O2.C19H10Br2O2.C19H10Br2O.C15H8Br4O.C15H10Br2O.C4H8O.C4H4O.CH3.K/c2*20-9-1-3-11-13(7-9)19(22)14-8-10(21)2-4-12(14)18-16-6-5-15(23-16)17(11)18;20-11-5-7-15-13-3-1-2-4-14(13)16-8-6-12(21)10-18(16)19(22)17(15)9-11;16-7-1-3-9-11(5-7)15(20)12-6-8(17)2-4-10(12)14(19)13(9)18;16-11-5-3-9-1-2-10-4-6-12(17)8-14(10)15(18)13(9)7-11;2*1-2-4-5-3-1;;/h1-4,7-8,15-16H,5-6H2;1-8,15-16H;1-10H;1-6,13-14H;3-8H,1-2H2;1-4H2;1-4H;1H3;/q;;;;;;;-1;+1. The molecule has 15 aromatic rings. The van der Waals surface area contributed by atoms with Gasteiger partial charge in [0.15, 0.2) is 27.9 Å². The molecule has 1 aromatic heterocycles. The third-order valence-corrected chi connectivity index (χ3v) is 29.2. The number of rotatable bonds is 0. The Morgan fingerprint density at radius 1 is 0.297 bits per heavy atom. The van der Waals surface area contributed by atoms with Crippen LogP contribution in [0.1, 0.15) is 136 Å². The number of aryl methyl sites for hydroxylation is 2. The number of hydrogen-bond acceptors (Lipinski definition) is 9. The van der Waals surface area contributed by atoms with Gasteiger partial charge < -0.3 is 26.1 Å². The van der Waals surface area contributed by atoms with Crippen LogP contribution in [0.4, 0.5) is 0 Å². The maximum absolute atomic E-state index is 13.2. The van der Waals surface area contributed by atoms with E-state index in [1.54, 1.807) is 12.5 Å². The van der Waals surface area contributed by atoms with Crippen LogP contribution >= 0.6 is 191 Å². The number of halogens is 12. The Labute approximate surface area is 824 Å². The second-order valence-corrected chi connectivity index (χ2v) is 39.7. The Bertz CT molecular complexity index is 6370. The summed E-state index contributed by atoms with van der Waals surface area (Å²) in [4.78, 5) is 65.0. The largest absolute Gasteiger partial charge is 1.00 e. The Balaban J connectivity index is 0.000000117. The predicted molar refractivity (Wildman–Crippen MR) is 518 cm³/mol. The van der Waals surface area contributed by atoms with Gasteiger partial charge in [-0.1, -0.05) is 288 Å². The van der Waals surface area contributed by atoms with E-state index < -0.39 is 0 Å². The monoisotopic (exact) mass is 2350 g/mol. The van der Waals surface area contributed by atoms with Crippen LogP contribution in [0.2, 0.25) is 0 Å². The molecule has 0 N–H and O–H groups in total. The van der Waals surface area contributed by atoms with Gasteiger partial charge in [0.25, 0.3) is 0 Å². The van der Waals surface area contributed by atoms with Gasteiger partial charge in [-0.3, -0.25) is 24.0 Å². The van der Waals surface area contributed by atoms with E-state index in [2.05, 4.69) is 232 Å². The summed E-state index contributed by atoms with van der Waals surface area (Å²) in [5, 5.41) is 12.7. The van der Waals surface area contributed by atoms with Gasteiger partial charge in [0.05, 0.1) is 34.4 Å². The van der Waals surface area contributed by atoms with Crippen molar-refractivity contribution < 1.29 is 79.6 Å². The number of carbonyl (C=O) groups is 2. The molecule has 6 atom stereocenters. The van der Waals surface area contributed by atoms with E-state index in [1.165, 1.54) is 24.0 Å². The van der Waals surface area contributed by atoms with Gasteiger partial charge in [-0.2, -0.15) is 0 Å². The minimum atomic E-state index is -0.0580. The number of hydrogen-bond donors (Lipinski definition) is 0. The minimum Gasteiger partial charge on any atom is -0.473 e. The summed E-state index contributed by atoms with van der Waals surface area (Å²) in [5.74, 6) is 0.184. The van der Waals surface area contributed by atoms with Crippen molar-refractivity contribution in [1.29, 1.82) is 0 Å².